The summed E-state index contributed by atoms with van der Waals surface area (Å²) < 4.78 is 11.0. The fourth-order valence-electron chi connectivity index (χ4n) is 3.67. The van der Waals surface area contributed by atoms with Crippen molar-refractivity contribution in [3.63, 3.8) is 0 Å². The standard InChI is InChI=1S/C25H26N2O4/c28-24-22-9-8-20(17-23(22)25(29)26-24)3-1-2-14-31-18-21-6-4-19(5-7-21)10-11-27-12-15-30-16-13-27/h4-9,17H,3,10-16,18H2,(H,26,28,29). The zero-order chi connectivity index (χ0) is 21.5. The van der Waals surface area contributed by atoms with Crippen molar-refractivity contribution in [2.24, 2.45) is 0 Å². The number of carbonyl (C=O) groups excluding carboxylic acids is 2. The van der Waals surface area contributed by atoms with Gasteiger partial charge in [-0.25, -0.2) is 0 Å². The van der Waals surface area contributed by atoms with Crippen molar-refractivity contribution in [3.8, 4) is 11.8 Å². The third kappa shape index (κ3) is 5.80. The average molecular weight is 418 g/mol. The predicted molar refractivity (Wildman–Crippen MR) is 117 cm³/mol. The molecule has 2 amide bonds. The lowest BCUT2D eigenvalue weighted by Crippen LogP contribution is -2.37. The first kappa shape index (κ1) is 21.3. The molecule has 6 nitrogen and oxygen atoms in total. The number of ether oxygens (including phenoxy) is 2. The van der Waals surface area contributed by atoms with Gasteiger partial charge in [0, 0.05) is 26.1 Å². The Morgan fingerprint density at radius 1 is 0.903 bits per heavy atom. The van der Waals surface area contributed by atoms with Gasteiger partial charge in [0.25, 0.3) is 11.8 Å². The van der Waals surface area contributed by atoms with Crippen molar-refractivity contribution in [1.29, 1.82) is 0 Å². The summed E-state index contributed by atoms with van der Waals surface area (Å²) in [6.45, 7) is 5.67. The number of amides is 2. The lowest BCUT2D eigenvalue weighted by atomic mass is 10.0. The third-order valence-corrected chi connectivity index (χ3v) is 5.50. The van der Waals surface area contributed by atoms with E-state index in [0.717, 1.165) is 50.4 Å². The maximum atomic E-state index is 11.7. The molecule has 0 atom stereocenters. The summed E-state index contributed by atoms with van der Waals surface area (Å²) in [5.74, 6) is 5.38. The topological polar surface area (TPSA) is 67.9 Å². The summed E-state index contributed by atoms with van der Waals surface area (Å²) in [5.41, 5.74) is 4.22. The van der Waals surface area contributed by atoms with Gasteiger partial charge < -0.3 is 9.47 Å². The van der Waals surface area contributed by atoms with Gasteiger partial charge >= 0.3 is 0 Å². The lowest BCUT2D eigenvalue weighted by Gasteiger charge is -2.26. The second-order valence-corrected chi connectivity index (χ2v) is 7.71. The van der Waals surface area contributed by atoms with E-state index in [4.69, 9.17) is 9.47 Å². The van der Waals surface area contributed by atoms with E-state index in [-0.39, 0.29) is 11.8 Å². The molecule has 0 radical (unpaired) electrons. The Bertz CT molecular complexity index is 998. The molecule has 0 saturated carbocycles. The molecule has 0 aromatic heterocycles. The van der Waals surface area contributed by atoms with Crippen molar-refractivity contribution in [1.82, 2.24) is 10.2 Å². The molecule has 2 aliphatic rings. The van der Waals surface area contributed by atoms with Crippen molar-refractivity contribution in [2.45, 2.75) is 19.4 Å². The number of morpholine rings is 1. The number of rotatable bonds is 7. The number of benzene rings is 2. The van der Waals surface area contributed by atoms with Gasteiger partial charge in [0.15, 0.2) is 0 Å². The van der Waals surface area contributed by atoms with Crippen molar-refractivity contribution in [2.75, 3.05) is 39.5 Å². The van der Waals surface area contributed by atoms with E-state index >= 15 is 0 Å². The van der Waals surface area contributed by atoms with Crippen molar-refractivity contribution < 1.29 is 19.1 Å². The van der Waals surface area contributed by atoms with Crippen LogP contribution in [0.3, 0.4) is 0 Å². The van der Waals surface area contributed by atoms with Crippen LogP contribution in [0.4, 0.5) is 0 Å². The molecule has 0 aliphatic carbocycles. The van der Waals surface area contributed by atoms with Crippen LogP contribution in [0.15, 0.2) is 42.5 Å². The molecule has 1 saturated heterocycles. The van der Waals surface area contributed by atoms with Gasteiger partial charge in [-0.05, 0) is 35.2 Å². The second kappa shape index (κ2) is 10.4. The minimum Gasteiger partial charge on any atom is -0.379 e. The van der Waals surface area contributed by atoms with Gasteiger partial charge in [-0.2, -0.15) is 0 Å². The molecule has 0 unspecified atom stereocenters. The average Bonchev–Trinajstić information content (AvgIpc) is 3.09. The monoisotopic (exact) mass is 418 g/mol. The predicted octanol–water partition coefficient (Wildman–Crippen LogP) is 2.21. The molecule has 2 aromatic rings. The third-order valence-electron chi connectivity index (χ3n) is 5.50. The van der Waals surface area contributed by atoms with E-state index in [2.05, 4.69) is 46.3 Å². The number of hydrogen-bond acceptors (Lipinski definition) is 5. The molecule has 0 bridgehead atoms. The summed E-state index contributed by atoms with van der Waals surface area (Å²) in [6.07, 6.45) is 1.56. The van der Waals surface area contributed by atoms with E-state index in [0.29, 0.717) is 30.8 Å². The molecule has 2 aromatic carbocycles. The van der Waals surface area contributed by atoms with Gasteiger partial charge in [-0.1, -0.05) is 42.2 Å². The lowest BCUT2D eigenvalue weighted by molar-refractivity contribution is 0.0384. The second-order valence-electron chi connectivity index (χ2n) is 7.71. The van der Waals surface area contributed by atoms with Gasteiger partial charge in [-0.3, -0.25) is 19.8 Å². The summed E-state index contributed by atoms with van der Waals surface area (Å²) >= 11 is 0. The number of imide groups is 1. The molecule has 31 heavy (non-hydrogen) atoms. The summed E-state index contributed by atoms with van der Waals surface area (Å²) in [6, 6.07) is 13.8. The van der Waals surface area contributed by atoms with Crippen LogP contribution in [-0.2, 0) is 28.9 Å². The zero-order valence-corrected chi connectivity index (χ0v) is 17.5. The highest BCUT2D eigenvalue weighted by atomic mass is 16.5. The summed E-state index contributed by atoms with van der Waals surface area (Å²) in [4.78, 5) is 25.7. The van der Waals surface area contributed by atoms with Crippen molar-refractivity contribution >= 4 is 11.8 Å². The Morgan fingerprint density at radius 2 is 1.61 bits per heavy atom. The van der Waals surface area contributed by atoms with Crippen LogP contribution in [0.5, 0.6) is 0 Å². The van der Waals surface area contributed by atoms with Crippen molar-refractivity contribution in [3.05, 3.63) is 70.3 Å². The maximum absolute atomic E-state index is 11.7. The Labute approximate surface area is 182 Å². The SMILES string of the molecule is O=C1NC(=O)c2cc(CC#CCOCc3ccc(CCN4CCOCC4)cc3)ccc21. The van der Waals surface area contributed by atoms with Gasteiger partial charge in [-0.15, -0.1) is 0 Å². The fourth-order valence-corrected chi connectivity index (χ4v) is 3.67. The van der Waals surface area contributed by atoms with Crippen LogP contribution in [0.2, 0.25) is 0 Å². The maximum Gasteiger partial charge on any atom is 0.258 e. The number of nitrogens with one attached hydrogen (secondary N) is 1. The van der Waals surface area contributed by atoms with E-state index in [9.17, 15) is 9.59 Å². The number of fused-ring (bicyclic) bond motifs is 1. The van der Waals surface area contributed by atoms with E-state index in [1.807, 2.05) is 6.07 Å². The summed E-state index contributed by atoms with van der Waals surface area (Å²) in [7, 11) is 0. The van der Waals surface area contributed by atoms with Crippen LogP contribution < -0.4 is 5.32 Å². The largest absolute Gasteiger partial charge is 0.379 e. The number of nitrogens with zero attached hydrogens (tertiary/aromatic N) is 1. The quantitative estimate of drug-likeness (QED) is 0.424. The van der Waals surface area contributed by atoms with Gasteiger partial charge in [0.05, 0.1) is 30.9 Å². The Hall–Kier alpha value is -2.98. The zero-order valence-electron chi connectivity index (χ0n) is 17.5. The van der Waals surface area contributed by atoms with Crippen LogP contribution in [0.1, 0.15) is 37.4 Å². The van der Waals surface area contributed by atoms with Crippen LogP contribution in [-0.4, -0.2) is 56.2 Å². The van der Waals surface area contributed by atoms with E-state index < -0.39 is 0 Å². The Balaban J connectivity index is 1.17. The first-order valence-corrected chi connectivity index (χ1v) is 10.6. The molecule has 0 spiro atoms. The molecular weight excluding hydrogens is 392 g/mol. The number of hydrogen-bond donors (Lipinski definition) is 1. The van der Waals surface area contributed by atoms with Gasteiger partial charge in [0.2, 0.25) is 0 Å². The van der Waals surface area contributed by atoms with E-state index in [1.54, 1.807) is 12.1 Å². The van der Waals surface area contributed by atoms with E-state index in [1.165, 1.54) is 5.56 Å². The molecule has 2 aliphatic heterocycles. The first-order chi connectivity index (χ1) is 15.2. The van der Waals surface area contributed by atoms with Crippen LogP contribution >= 0.6 is 0 Å². The minimum absolute atomic E-state index is 0.337. The first-order valence-electron chi connectivity index (χ1n) is 10.6. The highest BCUT2D eigenvalue weighted by Gasteiger charge is 2.26. The Kier molecular flexibility index (Phi) is 7.11. The molecule has 1 N–H and O–H groups in total. The molecule has 2 heterocycles. The highest BCUT2D eigenvalue weighted by Crippen LogP contribution is 2.17. The molecular formula is C25H26N2O4. The Morgan fingerprint density at radius 3 is 2.42 bits per heavy atom. The molecule has 6 heteroatoms. The minimum atomic E-state index is -0.342. The number of carbonyl (C=O) groups is 2. The normalized spacial score (nSPS) is 15.9. The summed E-state index contributed by atoms with van der Waals surface area (Å²) in [5, 5.41) is 2.29. The smallest absolute Gasteiger partial charge is 0.258 e. The fraction of sp³-hybridized carbons (Fsp3) is 0.360. The van der Waals surface area contributed by atoms with Gasteiger partial charge in [0.1, 0.15) is 6.61 Å². The molecule has 1 fully saturated rings. The van der Waals surface area contributed by atoms with Crippen LogP contribution in [0.25, 0.3) is 0 Å². The molecule has 4 rings (SSSR count). The van der Waals surface area contributed by atoms with Crippen LogP contribution in [0, 0.1) is 11.8 Å². The highest BCUT2D eigenvalue weighted by molar-refractivity contribution is 6.21. The molecule has 160 valence electrons.